The maximum absolute atomic E-state index is 13.6. The van der Waals surface area contributed by atoms with Crippen LogP contribution in [-0.4, -0.2) is 46.9 Å². The number of carbonyl (C=O) groups is 1. The van der Waals surface area contributed by atoms with Gasteiger partial charge >= 0.3 is 6.18 Å². The fraction of sp³-hybridized carbons (Fsp3) is 0.316. The van der Waals surface area contributed by atoms with Crippen LogP contribution in [0, 0.1) is 0 Å². The Labute approximate surface area is 166 Å². The zero-order valence-electron chi connectivity index (χ0n) is 15.5. The molecule has 0 spiro atoms. The molecule has 0 bridgehead atoms. The first-order chi connectivity index (χ1) is 13.6. The smallest absolute Gasteiger partial charge is 0.378 e. The standard InChI is InChI=1S/C19H19F3N2O4S/c1-29(26,27)15-5-2-13(3-6-15)18(25)23-17-7-4-14(12-16(17)19(20,21)22)24-8-10-28-11-9-24/h2-7,12H,8-11H2,1H3,(H,23,25). The van der Waals surface area contributed by atoms with Crippen molar-refractivity contribution < 1.29 is 31.1 Å². The summed E-state index contributed by atoms with van der Waals surface area (Å²) in [5.41, 5.74) is -0.881. The lowest BCUT2D eigenvalue weighted by Crippen LogP contribution is -2.36. The third-order valence-electron chi connectivity index (χ3n) is 4.48. The molecule has 1 fully saturated rings. The van der Waals surface area contributed by atoms with Crippen molar-refractivity contribution in [2.24, 2.45) is 0 Å². The van der Waals surface area contributed by atoms with Gasteiger partial charge in [-0.3, -0.25) is 4.79 Å². The molecule has 1 aliphatic rings. The lowest BCUT2D eigenvalue weighted by atomic mass is 10.1. The molecule has 29 heavy (non-hydrogen) atoms. The first-order valence-electron chi connectivity index (χ1n) is 8.71. The van der Waals surface area contributed by atoms with Crippen LogP contribution in [0.3, 0.4) is 0 Å². The Balaban J connectivity index is 1.86. The molecule has 0 saturated carbocycles. The van der Waals surface area contributed by atoms with Crippen LogP contribution in [0.15, 0.2) is 47.4 Å². The second-order valence-corrected chi connectivity index (χ2v) is 8.59. The molecule has 0 atom stereocenters. The predicted octanol–water partition coefficient (Wildman–Crippen LogP) is 3.20. The molecule has 6 nitrogen and oxygen atoms in total. The number of ether oxygens (including phenoxy) is 1. The van der Waals surface area contributed by atoms with Crippen molar-refractivity contribution in [1.29, 1.82) is 0 Å². The summed E-state index contributed by atoms with van der Waals surface area (Å²) >= 11 is 0. The topological polar surface area (TPSA) is 75.7 Å². The van der Waals surface area contributed by atoms with Crippen molar-refractivity contribution in [1.82, 2.24) is 0 Å². The maximum Gasteiger partial charge on any atom is 0.418 e. The van der Waals surface area contributed by atoms with Crippen LogP contribution in [0.4, 0.5) is 24.5 Å². The number of anilines is 2. The molecule has 0 aromatic heterocycles. The monoisotopic (exact) mass is 428 g/mol. The highest BCUT2D eigenvalue weighted by molar-refractivity contribution is 7.90. The van der Waals surface area contributed by atoms with Crippen molar-refractivity contribution in [3.63, 3.8) is 0 Å². The Morgan fingerprint density at radius 2 is 1.69 bits per heavy atom. The van der Waals surface area contributed by atoms with Crippen molar-refractivity contribution in [3.05, 3.63) is 53.6 Å². The van der Waals surface area contributed by atoms with Crippen molar-refractivity contribution in [2.45, 2.75) is 11.1 Å². The van der Waals surface area contributed by atoms with Crippen LogP contribution in [-0.2, 0) is 20.8 Å². The van der Waals surface area contributed by atoms with E-state index in [1.54, 1.807) is 4.90 Å². The summed E-state index contributed by atoms with van der Waals surface area (Å²) in [5, 5.41) is 2.27. The molecule has 10 heteroatoms. The van der Waals surface area contributed by atoms with Crippen LogP contribution in [0.1, 0.15) is 15.9 Å². The quantitative estimate of drug-likeness (QED) is 0.810. The van der Waals surface area contributed by atoms with Gasteiger partial charge in [0, 0.05) is 30.6 Å². The fourth-order valence-corrected chi connectivity index (χ4v) is 3.57. The molecular weight excluding hydrogens is 409 g/mol. The van der Waals surface area contributed by atoms with Gasteiger partial charge in [-0.25, -0.2) is 8.42 Å². The molecule has 3 rings (SSSR count). The van der Waals surface area contributed by atoms with E-state index in [2.05, 4.69) is 5.32 Å². The van der Waals surface area contributed by atoms with E-state index in [1.165, 1.54) is 36.4 Å². The molecule has 156 valence electrons. The van der Waals surface area contributed by atoms with E-state index in [0.29, 0.717) is 32.0 Å². The van der Waals surface area contributed by atoms with Crippen LogP contribution in [0.2, 0.25) is 0 Å². The summed E-state index contributed by atoms with van der Waals surface area (Å²) in [5.74, 6) is -0.769. The number of alkyl halides is 3. The van der Waals surface area contributed by atoms with Crippen LogP contribution >= 0.6 is 0 Å². The number of hydrogen-bond donors (Lipinski definition) is 1. The van der Waals surface area contributed by atoms with Gasteiger partial charge in [-0.2, -0.15) is 13.2 Å². The summed E-state index contributed by atoms with van der Waals surface area (Å²) < 4.78 is 68.9. The third kappa shape index (κ3) is 5.07. The molecule has 1 heterocycles. The Kier molecular flexibility index (Phi) is 5.85. The lowest BCUT2D eigenvalue weighted by molar-refractivity contribution is -0.136. The van der Waals surface area contributed by atoms with E-state index in [1.807, 2.05) is 0 Å². The molecule has 2 aromatic rings. The summed E-state index contributed by atoms with van der Waals surface area (Å²) in [6, 6.07) is 8.71. The van der Waals surface area contributed by atoms with E-state index < -0.39 is 27.5 Å². The zero-order chi connectivity index (χ0) is 21.2. The molecule has 0 aliphatic carbocycles. The van der Waals surface area contributed by atoms with Crippen molar-refractivity contribution >= 4 is 27.1 Å². The summed E-state index contributed by atoms with van der Waals surface area (Å²) in [4.78, 5) is 14.2. The van der Waals surface area contributed by atoms with Gasteiger partial charge in [0.05, 0.1) is 29.4 Å². The largest absolute Gasteiger partial charge is 0.418 e. The van der Waals surface area contributed by atoms with Gasteiger partial charge in [-0.15, -0.1) is 0 Å². The minimum absolute atomic E-state index is 0.0138. The first kappa shape index (κ1) is 21.1. The predicted molar refractivity (Wildman–Crippen MR) is 102 cm³/mol. The van der Waals surface area contributed by atoms with Gasteiger partial charge in [0.15, 0.2) is 9.84 Å². The first-order valence-corrected chi connectivity index (χ1v) is 10.6. The number of sulfone groups is 1. The average molecular weight is 428 g/mol. The van der Waals surface area contributed by atoms with Gasteiger partial charge < -0.3 is 15.0 Å². The van der Waals surface area contributed by atoms with E-state index in [9.17, 15) is 26.4 Å². The third-order valence-corrected chi connectivity index (χ3v) is 5.61. The number of nitrogens with one attached hydrogen (secondary N) is 1. The second-order valence-electron chi connectivity index (χ2n) is 6.58. The van der Waals surface area contributed by atoms with Crippen LogP contribution in [0.5, 0.6) is 0 Å². The Hall–Kier alpha value is -2.59. The zero-order valence-corrected chi connectivity index (χ0v) is 16.3. The highest BCUT2D eigenvalue weighted by Gasteiger charge is 2.35. The van der Waals surface area contributed by atoms with Gasteiger partial charge in [-0.1, -0.05) is 0 Å². The minimum atomic E-state index is -4.66. The number of halogens is 3. The van der Waals surface area contributed by atoms with Gasteiger partial charge in [0.2, 0.25) is 0 Å². The molecular formula is C19H19F3N2O4S. The van der Waals surface area contributed by atoms with Crippen LogP contribution < -0.4 is 10.2 Å². The van der Waals surface area contributed by atoms with Crippen LogP contribution in [0.25, 0.3) is 0 Å². The Bertz CT molecular complexity index is 999. The molecule has 1 saturated heterocycles. The summed E-state index contributed by atoms with van der Waals surface area (Å²) in [7, 11) is -3.44. The van der Waals surface area contributed by atoms with Crippen molar-refractivity contribution in [2.75, 3.05) is 42.8 Å². The van der Waals surface area contributed by atoms with E-state index >= 15 is 0 Å². The second kappa shape index (κ2) is 8.03. The number of carbonyl (C=O) groups excluding carboxylic acids is 1. The fourth-order valence-electron chi connectivity index (χ4n) is 2.94. The van der Waals surface area contributed by atoms with Crippen molar-refractivity contribution in [3.8, 4) is 0 Å². The number of nitrogens with zero attached hydrogens (tertiary/aromatic N) is 1. The number of morpholine rings is 1. The van der Waals surface area contributed by atoms with E-state index in [0.717, 1.165) is 12.3 Å². The highest BCUT2D eigenvalue weighted by Crippen LogP contribution is 2.37. The molecule has 2 aromatic carbocycles. The summed E-state index contributed by atoms with van der Waals surface area (Å²) in [6.45, 7) is 1.83. The molecule has 1 amide bonds. The molecule has 1 aliphatic heterocycles. The van der Waals surface area contributed by atoms with Gasteiger partial charge in [0.25, 0.3) is 5.91 Å². The highest BCUT2D eigenvalue weighted by atomic mass is 32.2. The van der Waals surface area contributed by atoms with Gasteiger partial charge in [-0.05, 0) is 42.5 Å². The number of benzene rings is 2. The minimum Gasteiger partial charge on any atom is -0.378 e. The molecule has 0 unspecified atom stereocenters. The lowest BCUT2D eigenvalue weighted by Gasteiger charge is -2.29. The van der Waals surface area contributed by atoms with E-state index in [4.69, 9.17) is 4.74 Å². The Morgan fingerprint density at radius 3 is 2.24 bits per heavy atom. The summed E-state index contributed by atoms with van der Waals surface area (Å²) in [6.07, 6.45) is -3.64. The maximum atomic E-state index is 13.6. The van der Waals surface area contributed by atoms with E-state index in [-0.39, 0.29) is 16.1 Å². The number of rotatable bonds is 4. The molecule has 0 radical (unpaired) electrons. The number of hydrogen-bond acceptors (Lipinski definition) is 5. The average Bonchev–Trinajstić information content (AvgIpc) is 2.67. The Morgan fingerprint density at radius 1 is 1.07 bits per heavy atom. The SMILES string of the molecule is CS(=O)(=O)c1ccc(C(=O)Nc2ccc(N3CCOCC3)cc2C(F)(F)F)cc1. The molecule has 1 N–H and O–H groups in total. The normalized spacial score (nSPS) is 15.2. The number of amides is 1. The van der Waals surface area contributed by atoms with Gasteiger partial charge in [0.1, 0.15) is 0 Å².